The van der Waals surface area contributed by atoms with Gasteiger partial charge >= 0.3 is 35.9 Å². The molecule has 3 atom stereocenters. The summed E-state index contributed by atoms with van der Waals surface area (Å²) in [7, 11) is 0. The van der Waals surface area contributed by atoms with Crippen LogP contribution in [0.5, 0.6) is 0 Å². The number of carbonyl (C=O) groups excluding carboxylic acids is 5. The second-order valence-electron chi connectivity index (χ2n) is 18.7. The van der Waals surface area contributed by atoms with Gasteiger partial charge in [0.25, 0.3) is 0 Å². The van der Waals surface area contributed by atoms with Gasteiger partial charge in [0.05, 0.1) is 32.2 Å². The SMILES string of the molecule is O=CC(CCCCNC(=O)C(Cc1ccc2ccccc2c1)NC(=O)C1CCC(CNC(=O)CN2CCN(CC(=O)O)CCN(CC(=O)O)CCN(CC(=O)O)CC2)CC1)NC(=O)NC(CCC(=O)O)C(=O)O. The fourth-order valence-corrected chi connectivity index (χ4v) is 8.92. The maximum atomic E-state index is 13.8. The molecule has 73 heavy (non-hydrogen) atoms. The van der Waals surface area contributed by atoms with Gasteiger partial charge in [-0.15, -0.1) is 0 Å². The number of aldehydes is 1. The summed E-state index contributed by atoms with van der Waals surface area (Å²) in [6, 6.07) is 9.28. The molecule has 2 aromatic carbocycles. The Kier molecular flexibility index (Phi) is 24.9. The molecular weight excluding hydrogens is 955 g/mol. The van der Waals surface area contributed by atoms with E-state index in [0.717, 1.165) is 16.3 Å². The number of aliphatic carboxylic acids is 5. The van der Waals surface area contributed by atoms with Gasteiger partial charge in [0.15, 0.2) is 0 Å². The number of nitrogens with zero attached hydrogens (tertiary/aromatic N) is 4. The Balaban J connectivity index is 1.29. The van der Waals surface area contributed by atoms with E-state index in [4.69, 9.17) is 5.11 Å². The molecular formula is C49H71N9O15. The van der Waals surface area contributed by atoms with Gasteiger partial charge in [-0.3, -0.25) is 53.2 Å². The van der Waals surface area contributed by atoms with E-state index in [1.807, 2.05) is 47.4 Å². The Labute approximate surface area is 423 Å². The number of carboxylic acid groups (broad SMARTS) is 5. The zero-order valence-electron chi connectivity index (χ0n) is 41.1. The molecule has 3 unspecified atom stereocenters. The molecule has 5 amide bonds. The summed E-state index contributed by atoms with van der Waals surface area (Å²) >= 11 is 0. The van der Waals surface area contributed by atoms with Crippen LogP contribution in [-0.4, -0.2) is 215 Å². The van der Waals surface area contributed by atoms with E-state index in [9.17, 15) is 68.4 Å². The summed E-state index contributed by atoms with van der Waals surface area (Å²) in [5.41, 5.74) is 0.831. The minimum Gasteiger partial charge on any atom is -0.481 e. The number of fused-ring (bicyclic) bond motifs is 1. The lowest BCUT2D eigenvalue weighted by molar-refractivity contribution is -0.141. The van der Waals surface area contributed by atoms with E-state index < -0.39 is 66.3 Å². The standard InChI is InChI=1S/C49H71N9O15/c59-32-38(52-49(73)54-39(48(71)72)14-15-42(61)62)7-3-4-16-50-47(70)40(26-34-10-11-35-5-1-2-6-37(35)25-34)53-46(69)36-12-8-33(9-13-36)27-51-41(60)28-55-17-19-56(29-43(63)64)21-23-58(31-45(67)68)24-22-57(20-18-55)30-44(65)66/h1-2,5-6,10-11,25,32-33,36,38-40H,3-4,7-9,12-24,26-31H2,(H,50,70)(H,51,60)(H,53,69)(H,61,62)(H,63,64)(H,65,66)(H,67,68)(H,71,72)(H2,52,54,73). The predicted octanol–water partition coefficient (Wildman–Crippen LogP) is -0.264. The third-order valence-corrected chi connectivity index (χ3v) is 13.0. The van der Waals surface area contributed by atoms with Crippen LogP contribution in [0, 0.1) is 11.8 Å². The van der Waals surface area contributed by atoms with Crippen LogP contribution in [0.3, 0.4) is 0 Å². The number of benzene rings is 2. The van der Waals surface area contributed by atoms with E-state index in [1.165, 1.54) is 0 Å². The van der Waals surface area contributed by atoms with Crippen molar-refractivity contribution in [3.8, 4) is 0 Å². The zero-order valence-corrected chi connectivity index (χ0v) is 41.1. The Bertz CT molecular complexity index is 2180. The van der Waals surface area contributed by atoms with Crippen molar-refractivity contribution in [3.63, 3.8) is 0 Å². The molecule has 10 N–H and O–H groups in total. The van der Waals surface area contributed by atoms with E-state index >= 15 is 0 Å². The van der Waals surface area contributed by atoms with Gasteiger partial charge in [-0.25, -0.2) is 9.59 Å². The first-order valence-electron chi connectivity index (χ1n) is 24.7. The molecule has 1 saturated carbocycles. The average Bonchev–Trinajstić information content (AvgIpc) is 3.34. The fourth-order valence-electron chi connectivity index (χ4n) is 8.92. The first-order chi connectivity index (χ1) is 34.9. The summed E-state index contributed by atoms with van der Waals surface area (Å²) in [6.07, 6.45) is 3.15. The number of rotatable bonds is 27. The molecule has 1 saturated heterocycles. The van der Waals surface area contributed by atoms with Crippen LogP contribution in [0.25, 0.3) is 10.8 Å². The largest absolute Gasteiger partial charge is 0.481 e. The number of urea groups is 1. The molecule has 2 aliphatic rings. The normalized spacial score (nSPS) is 18.8. The molecule has 24 heteroatoms. The zero-order chi connectivity index (χ0) is 53.3. The van der Waals surface area contributed by atoms with E-state index in [2.05, 4.69) is 26.6 Å². The summed E-state index contributed by atoms with van der Waals surface area (Å²) in [5.74, 6) is -7.03. The molecule has 2 fully saturated rings. The minimum absolute atomic E-state index is 0.0179. The fraction of sp³-hybridized carbons (Fsp3) is 0.592. The quantitative estimate of drug-likeness (QED) is 0.0407. The van der Waals surface area contributed by atoms with Crippen LogP contribution in [0.2, 0.25) is 0 Å². The summed E-state index contributed by atoms with van der Waals surface area (Å²) in [4.78, 5) is 129. The number of carbonyl (C=O) groups is 10. The van der Waals surface area contributed by atoms with E-state index in [0.29, 0.717) is 64.4 Å². The lowest BCUT2D eigenvalue weighted by Crippen LogP contribution is -2.50. The number of amides is 5. The van der Waals surface area contributed by atoms with Crippen molar-refractivity contribution in [3.05, 3.63) is 48.0 Å². The second-order valence-corrected chi connectivity index (χ2v) is 18.7. The number of hydrogen-bond acceptors (Lipinski definition) is 14. The highest BCUT2D eigenvalue weighted by atomic mass is 16.4. The molecule has 0 spiro atoms. The highest BCUT2D eigenvalue weighted by Gasteiger charge is 2.31. The van der Waals surface area contributed by atoms with Crippen LogP contribution in [-0.2, 0) is 49.6 Å². The minimum atomic E-state index is -1.47. The Morgan fingerprint density at radius 1 is 0.589 bits per heavy atom. The van der Waals surface area contributed by atoms with Crippen molar-refractivity contribution >= 4 is 70.7 Å². The van der Waals surface area contributed by atoms with E-state index in [1.54, 1.807) is 14.7 Å². The van der Waals surface area contributed by atoms with Gasteiger partial charge in [-0.2, -0.15) is 0 Å². The number of carboxylic acids is 5. The third-order valence-electron chi connectivity index (χ3n) is 13.0. The first-order valence-corrected chi connectivity index (χ1v) is 24.7. The van der Waals surface area contributed by atoms with Gasteiger partial charge < -0.3 is 56.9 Å². The van der Waals surface area contributed by atoms with Crippen LogP contribution in [0.4, 0.5) is 4.79 Å². The smallest absolute Gasteiger partial charge is 0.326 e. The molecule has 1 aliphatic carbocycles. The van der Waals surface area contributed by atoms with Crippen molar-refractivity contribution in [1.29, 1.82) is 0 Å². The monoisotopic (exact) mass is 1030 g/mol. The lowest BCUT2D eigenvalue weighted by Gasteiger charge is -2.33. The Morgan fingerprint density at radius 2 is 1.14 bits per heavy atom. The summed E-state index contributed by atoms with van der Waals surface area (Å²) in [5, 5.41) is 62.0. The van der Waals surface area contributed by atoms with Gasteiger partial charge in [0.1, 0.15) is 18.4 Å². The third kappa shape index (κ3) is 22.7. The Morgan fingerprint density at radius 3 is 1.66 bits per heavy atom. The molecule has 24 nitrogen and oxygen atoms in total. The maximum Gasteiger partial charge on any atom is 0.326 e. The molecule has 4 rings (SSSR count). The average molecular weight is 1030 g/mol. The molecule has 0 aromatic heterocycles. The molecule has 2 aromatic rings. The first kappa shape index (κ1) is 58.8. The highest BCUT2D eigenvalue weighted by Crippen LogP contribution is 2.29. The van der Waals surface area contributed by atoms with Gasteiger partial charge in [0.2, 0.25) is 17.7 Å². The van der Waals surface area contributed by atoms with Crippen molar-refractivity contribution in [1.82, 2.24) is 46.2 Å². The van der Waals surface area contributed by atoms with Gasteiger partial charge in [-0.1, -0.05) is 42.5 Å². The Hall–Kier alpha value is -6.76. The van der Waals surface area contributed by atoms with Crippen molar-refractivity contribution < 1.29 is 73.5 Å². The van der Waals surface area contributed by atoms with Crippen molar-refractivity contribution in [2.45, 2.75) is 82.3 Å². The van der Waals surface area contributed by atoms with Crippen molar-refractivity contribution in [2.24, 2.45) is 11.8 Å². The lowest BCUT2D eigenvalue weighted by atomic mass is 9.81. The highest BCUT2D eigenvalue weighted by molar-refractivity contribution is 5.89. The summed E-state index contributed by atoms with van der Waals surface area (Å²) in [6.45, 7) is 1.91. The van der Waals surface area contributed by atoms with Crippen molar-refractivity contribution in [2.75, 3.05) is 91.6 Å². The molecule has 1 aliphatic heterocycles. The predicted molar refractivity (Wildman–Crippen MR) is 263 cm³/mol. The number of nitrogens with one attached hydrogen (secondary N) is 5. The topological polar surface area (TPSA) is 345 Å². The van der Waals surface area contributed by atoms with Gasteiger partial charge in [0, 0.05) is 84.2 Å². The second kappa shape index (κ2) is 31.0. The number of hydrogen-bond donors (Lipinski definition) is 10. The maximum absolute atomic E-state index is 13.8. The van der Waals surface area contributed by atoms with E-state index in [-0.39, 0.29) is 115 Å². The number of unbranched alkanes of at least 4 members (excludes halogenated alkanes) is 1. The van der Waals surface area contributed by atoms with Gasteiger partial charge in [-0.05, 0) is 73.6 Å². The molecule has 1 heterocycles. The summed E-state index contributed by atoms with van der Waals surface area (Å²) < 4.78 is 0. The van der Waals surface area contributed by atoms with Crippen LogP contribution in [0.1, 0.15) is 63.4 Å². The van der Waals surface area contributed by atoms with Crippen LogP contribution in [0.15, 0.2) is 42.5 Å². The molecule has 0 radical (unpaired) electrons. The molecule has 0 bridgehead atoms. The molecule has 402 valence electrons. The van der Waals surface area contributed by atoms with Crippen LogP contribution < -0.4 is 26.6 Å². The van der Waals surface area contributed by atoms with Crippen LogP contribution >= 0.6 is 0 Å².